The molecule has 0 saturated carbocycles. The van der Waals surface area contributed by atoms with Crippen LogP contribution < -0.4 is 10.1 Å². The number of carbonyl (C=O) groups excluding carboxylic acids is 1. The van der Waals surface area contributed by atoms with Crippen molar-refractivity contribution in [1.82, 2.24) is 4.57 Å². The molecular weight excluding hydrogens is 336 g/mol. The third kappa shape index (κ3) is 4.01. The summed E-state index contributed by atoms with van der Waals surface area (Å²) >= 11 is 0. The van der Waals surface area contributed by atoms with Crippen molar-refractivity contribution in [3.63, 3.8) is 0 Å². The van der Waals surface area contributed by atoms with Gasteiger partial charge in [-0.25, -0.2) is 0 Å². The van der Waals surface area contributed by atoms with Crippen molar-refractivity contribution < 1.29 is 9.53 Å². The molecule has 0 fully saturated rings. The van der Waals surface area contributed by atoms with Crippen LogP contribution in [0.3, 0.4) is 0 Å². The normalized spacial score (nSPS) is 10.7. The lowest BCUT2D eigenvalue weighted by Gasteiger charge is -2.09. The minimum Gasteiger partial charge on any atom is -0.457 e. The minimum absolute atomic E-state index is 0.0650. The molecule has 1 amide bonds. The molecule has 134 valence electrons. The molecule has 0 spiro atoms. The first kappa shape index (κ1) is 16.9. The standard InChI is InChI=1S/C23H20N2O2/c1-17-7-12-22-18(15-17)13-14-25(22)16-23(26)24-19-8-10-21(11-9-19)27-20-5-3-2-4-6-20/h2-15H,16H2,1H3,(H,24,26). The van der Waals surface area contributed by atoms with Crippen molar-refractivity contribution in [1.29, 1.82) is 0 Å². The van der Waals surface area contributed by atoms with Crippen LogP contribution in [0.1, 0.15) is 5.56 Å². The van der Waals surface area contributed by atoms with Gasteiger partial charge in [0, 0.05) is 17.4 Å². The maximum atomic E-state index is 12.4. The number of ether oxygens (including phenoxy) is 1. The Bertz CT molecular complexity index is 1070. The van der Waals surface area contributed by atoms with Crippen molar-refractivity contribution in [2.75, 3.05) is 5.32 Å². The first-order chi connectivity index (χ1) is 13.2. The maximum Gasteiger partial charge on any atom is 0.244 e. The van der Waals surface area contributed by atoms with Crippen LogP contribution in [0.4, 0.5) is 5.69 Å². The molecule has 3 aromatic carbocycles. The van der Waals surface area contributed by atoms with E-state index in [9.17, 15) is 4.79 Å². The summed E-state index contributed by atoms with van der Waals surface area (Å²) in [4.78, 5) is 12.4. The highest BCUT2D eigenvalue weighted by molar-refractivity contribution is 5.92. The van der Waals surface area contributed by atoms with E-state index in [4.69, 9.17) is 4.74 Å². The molecule has 0 atom stereocenters. The number of aryl methyl sites for hydroxylation is 1. The molecule has 0 radical (unpaired) electrons. The van der Waals surface area contributed by atoms with Gasteiger partial charge in [-0.05, 0) is 66.9 Å². The molecule has 1 aromatic heterocycles. The zero-order valence-electron chi connectivity index (χ0n) is 15.1. The van der Waals surface area contributed by atoms with Crippen LogP contribution in [0, 0.1) is 6.92 Å². The van der Waals surface area contributed by atoms with Gasteiger partial charge >= 0.3 is 0 Å². The monoisotopic (exact) mass is 356 g/mol. The van der Waals surface area contributed by atoms with Crippen molar-refractivity contribution in [3.05, 3.63) is 90.6 Å². The molecule has 4 nitrogen and oxygen atoms in total. The number of fused-ring (bicyclic) bond motifs is 1. The van der Waals surface area contributed by atoms with Crippen molar-refractivity contribution in [2.45, 2.75) is 13.5 Å². The number of para-hydroxylation sites is 1. The van der Waals surface area contributed by atoms with Crippen LogP contribution in [0.5, 0.6) is 11.5 Å². The van der Waals surface area contributed by atoms with Gasteiger partial charge in [0.1, 0.15) is 18.0 Å². The van der Waals surface area contributed by atoms with E-state index < -0.39 is 0 Å². The fourth-order valence-corrected chi connectivity index (χ4v) is 3.04. The third-order valence-electron chi connectivity index (χ3n) is 4.36. The molecule has 4 aromatic rings. The Labute approximate surface area is 158 Å². The molecule has 0 aliphatic rings. The number of nitrogens with zero attached hydrogens (tertiary/aromatic N) is 1. The molecule has 1 heterocycles. The number of aromatic nitrogens is 1. The van der Waals surface area contributed by atoms with E-state index in [1.54, 1.807) is 0 Å². The first-order valence-electron chi connectivity index (χ1n) is 8.86. The second-order valence-corrected chi connectivity index (χ2v) is 6.49. The Morgan fingerprint density at radius 2 is 1.67 bits per heavy atom. The Morgan fingerprint density at radius 3 is 2.44 bits per heavy atom. The van der Waals surface area contributed by atoms with Gasteiger partial charge in [-0.2, -0.15) is 0 Å². The molecule has 4 rings (SSSR count). The highest BCUT2D eigenvalue weighted by Gasteiger charge is 2.07. The van der Waals surface area contributed by atoms with E-state index in [0.717, 1.165) is 28.1 Å². The summed E-state index contributed by atoms with van der Waals surface area (Å²) in [5.74, 6) is 1.44. The summed E-state index contributed by atoms with van der Waals surface area (Å²) < 4.78 is 7.72. The molecule has 0 aliphatic carbocycles. The van der Waals surface area contributed by atoms with Crippen molar-refractivity contribution in [2.24, 2.45) is 0 Å². The van der Waals surface area contributed by atoms with E-state index in [1.165, 1.54) is 5.56 Å². The summed E-state index contributed by atoms with van der Waals surface area (Å²) in [6.45, 7) is 2.34. The van der Waals surface area contributed by atoms with E-state index in [1.807, 2.05) is 77.5 Å². The number of hydrogen-bond acceptors (Lipinski definition) is 2. The van der Waals surface area contributed by atoms with Gasteiger partial charge in [0.25, 0.3) is 0 Å². The average molecular weight is 356 g/mol. The Morgan fingerprint density at radius 1 is 0.926 bits per heavy atom. The minimum atomic E-state index is -0.0650. The molecule has 4 heteroatoms. The predicted molar refractivity (Wildman–Crippen MR) is 108 cm³/mol. The molecule has 0 saturated heterocycles. The number of anilines is 1. The number of amides is 1. The van der Waals surface area contributed by atoms with Crippen molar-refractivity contribution in [3.8, 4) is 11.5 Å². The molecule has 0 unspecified atom stereocenters. The lowest BCUT2D eigenvalue weighted by molar-refractivity contribution is -0.116. The Hall–Kier alpha value is -3.53. The SMILES string of the molecule is Cc1ccc2c(ccn2CC(=O)Nc2ccc(Oc3ccccc3)cc2)c1. The number of benzene rings is 3. The van der Waals surface area contributed by atoms with Gasteiger partial charge in [0.2, 0.25) is 5.91 Å². The highest BCUT2D eigenvalue weighted by Crippen LogP contribution is 2.23. The van der Waals surface area contributed by atoms with Gasteiger partial charge in [0.05, 0.1) is 0 Å². The number of carbonyl (C=O) groups is 1. The van der Waals surface area contributed by atoms with Gasteiger partial charge in [-0.3, -0.25) is 4.79 Å². The fraction of sp³-hybridized carbons (Fsp3) is 0.0870. The van der Waals surface area contributed by atoms with Gasteiger partial charge in [-0.1, -0.05) is 29.8 Å². The van der Waals surface area contributed by atoms with Gasteiger partial charge in [0.15, 0.2) is 0 Å². The number of rotatable bonds is 5. The zero-order valence-corrected chi connectivity index (χ0v) is 15.1. The largest absolute Gasteiger partial charge is 0.457 e. The quantitative estimate of drug-likeness (QED) is 0.522. The van der Waals surface area contributed by atoms with E-state index >= 15 is 0 Å². The van der Waals surface area contributed by atoms with E-state index in [2.05, 4.69) is 24.4 Å². The van der Waals surface area contributed by atoms with Crippen LogP contribution in [0.25, 0.3) is 10.9 Å². The third-order valence-corrected chi connectivity index (χ3v) is 4.36. The summed E-state index contributed by atoms with van der Waals surface area (Å²) in [7, 11) is 0. The first-order valence-corrected chi connectivity index (χ1v) is 8.86. The summed E-state index contributed by atoms with van der Waals surface area (Å²) in [6.07, 6.45) is 1.94. The lowest BCUT2D eigenvalue weighted by Crippen LogP contribution is -2.18. The molecule has 1 N–H and O–H groups in total. The predicted octanol–water partition coefficient (Wildman–Crippen LogP) is 5.38. The number of nitrogens with one attached hydrogen (secondary N) is 1. The maximum absolute atomic E-state index is 12.4. The van der Waals surface area contributed by atoms with Crippen LogP contribution in [-0.2, 0) is 11.3 Å². The smallest absolute Gasteiger partial charge is 0.244 e. The average Bonchev–Trinajstić information content (AvgIpc) is 3.06. The van der Waals surface area contributed by atoms with Crippen LogP contribution >= 0.6 is 0 Å². The van der Waals surface area contributed by atoms with Crippen LogP contribution in [0.15, 0.2) is 85.1 Å². The van der Waals surface area contributed by atoms with Crippen LogP contribution in [-0.4, -0.2) is 10.5 Å². The Balaban J connectivity index is 1.40. The Kier molecular flexibility index (Phi) is 4.62. The van der Waals surface area contributed by atoms with E-state index in [-0.39, 0.29) is 12.5 Å². The summed E-state index contributed by atoms with van der Waals surface area (Å²) in [6, 6.07) is 25.2. The highest BCUT2D eigenvalue weighted by atomic mass is 16.5. The van der Waals surface area contributed by atoms with Gasteiger partial charge < -0.3 is 14.6 Å². The van der Waals surface area contributed by atoms with E-state index in [0.29, 0.717) is 0 Å². The zero-order chi connectivity index (χ0) is 18.6. The van der Waals surface area contributed by atoms with Crippen molar-refractivity contribution >= 4 is 22.5 Å². The van der Waals surface area contributed by atoms with Gasteiger partial charge in [-0.15, -0.1) is 0 Å². The molecular formula is C23H20N2O2. The molecule has 27 heavy (non-hydrogen) atoms. The fourth-order valence-electron chi connectivity index (χ4n) is 3.04. The molecule has 0 aliphatic heterocycles. The summed E-state index contributed by atoms with van der Waals surface area (Å²) in [5, 5.41) is 4.08. The second-order valence-electron chi connectivity index (χ2n) is 6.49. The lowest BCUT2D eigenvalue weighted by atomic mass is 10.2. The number of hydrogen-bond donors (Lipinski definition) is 1. The second kappa shape index (κ2) is 7.38. The van der Waals surface area contributed by atoms with Crippen LogP contribution in [0.2, 0.25) is 0 Å². The summed E-state index contributed by atoms with van der Waals surface area (Å²) in [5.41, 5.74) is 3.01. The molecule has 0 bridgehead atoms. The topological polar surface area (TPSA) is 43.3 Å².